The molecule has 0 atom stereocenters. The van der Waals surface area contributed by atoms with Crippen molar-refractivity contribution in [3.8, 4) is 5.75 Å². The van der Waals surface area contributed by atoms with E-state index in [1.807, 2.05) is 55.5 Å². The number of carbonyl (C=O) groups is 1. The number of methoxy groups -OCH3 is 1. The van der Waals surface area contributed by atoms with E-state index in [9.17, 15) is 4.79 Å². The van der Waals surface area contributed by atoms with Crippen molar-refractivity contribution in [2.45, 2.75) is 13.3 Å². The Morgan fingerprint density at radius 2 is 1.87 bits per heavy atom. The Hall–Kier alpha value is -2.82. The predicted molar refractivity (Wildman–Crippen MR) is 87.5 cm³/mol. The van der Waals surface area contributed by atoms with Crippen LogP contribution in [0, 0.1) is 6.92 Å². The van der Waals surface area contributed by atoms with E-state index < -0.39 is 0 Å². The average Bonchev–Trinajstić information content (AvgIpc) is 2.55. The maximum Gasteiger partial charge on any atom is 0.310 e. The number of hydrogen-bond donors (Lipinski definition) is 0. The molecular formula is C18H19NO4. The minimum Gasteiger partial charge on any atom is -0.469 e. The molecule has 0 aliphatic heterocycles. The predicted octanol–water partition coefficient (Wildman–Crippen LogP) is 3.10. The van der Waals surface area contributed by atoms with Gasteiger partial charge in [0.1, 0.15) is 12.9 Å². The Morgan fingerprint density at radius 1 is 1.09 bits per heavy atom. The summed E-state index contributed by atoms with van der Waals surface area (Å²) in [5.41, 5.74) is 2.51. The topological polar surface area (TPSA) is 57.1 Å². The summed E-state index contributed by atoms with van der Waals surface area (Å²) in [5.74, 6) is 0.607. The highest BCUT2D eigenvalue weighted by Gasteiger charge is 2.15. The molecule has 0 N–H and O–H groups in total. The van der Waals surface area contributed by atoms with Crippen molar-refractivity contribution in [3.63, 3.8) is 0 Å². The van der Waals surface area contributed by atoms with Gasteiger partial charge in [-0.15, -0.1) is 0 Å². The first-order valence-corrected chi connectivity index (χ1v) is 7.14. The SMILES string of the molecule is CO/N=C(/Oc1cccc(C)c1)c1ccccc1CC(=O)OC. The highest BCUT2D eigenvalue weighted by Crippen LogP contribution is 2.18. The third-order valence-corrected chi connectivity index (χ3v) is 3.19. The summed E-state index contributed by atoms with van der Waals surface area (Å²) in [6.45, 7) is 1.98. The van der Waals surface area contributed by atoms with Crippen LogP contribution in [-0.4, -0.2) is 26.1 Å². The van der Waals surface area contributed by atoms with Gasteiger partial charge in [-0.3, -0.25) is 4.79 Å². The Balaban J connectivity index is 2.35. The smallest absolute Gasteiger partial charge is 0.310 e. The maximum atomic E-state index is 11.6. The van der Waals surface area contributed by atoms with Crippen LogP contribution in [-0.2, 0) is 20.8 Å². The fourth-order valence-electron chi connectivity index (χ4n) is 2.11. The average molecular weight is 313 g/mol. The van der Waals surface area contributed by atoms with Crippen LogP contribution in [0.2, 0.25) is 0 Å². The van der Waals surface area contributed by atoms with Gasteiger partial charge in [-0.25, -0.2) is 0 Å². The van der Waals surface area contributed by atoms with Gasteiger partial charge in [-0.05, 0) is 41.4 Å². The highest BCUT2D eigenvalue weighted by atomic mass is 16.6. The van der Waals surface area contributed by atoms with E-state index in [4.69, 9.17) is 14.3 Å². The van der Waals surface area contributed by atoms with Crippen LogP contribution in [0.5, 0.6) is 5.75 Å². The normalized spacial score (nSPS) is 11.0. The van der Waals surface area contributed by atoms with Gasteiger partial charge in [0.05, 0.1) is 13.5 Å². The maximum absolute atomic E-state index is 11.6. The van der Waals surface area contributed by atoms with Gasteiger partial charge in [0.25, 0.3) is 5.90 Å². The van der Waals surface area contributed by atoms with Crippen LogP contribution in [0.3, 0.4) is 0 Å². The zero-order valence-corrected chi connectivity index (χ0v) is 13.4. The van der Waals surface area contributed by atoms with E-state index in [1.54, 1.807) is 0 Å². The molecule has 0 aliphatic rings. The first-order valence-electron chi connectivity index (χ1n) is 7.14. The summed E-state index contributed by atoms with van der Waals surface area (Å²) in [6.07, 6.45) is 0.132. The second kappa shape index (κ2) is 7.98. The first kappa shape index (κ1) is 16.5. The van der Waals surface area contributed by atoms with E-state index in [2.05, 4.69) is 5.16 Å². The van der Waals surface area contributed by atoms with Crippen LogP contribution < -0.4 is 4.74 Å². The Kier molecular flexibility index (Phi) is 5.74. The van der Waals surface area contributed by atoms with Gasteiger partial charge in [0.15, 0.2) is 0 Å². The molecule has 2 aromatic carbocycles. The molecule has 0 saturated heterocycles. The molecular weight excluding hydrogens is 294 g/mol. The number of oxime groups is 1. The van der Waals surface area contributed by atoms with Crippen LogP contribution in [0.4, 0.5) is 0 Å². The fourth-order valence-corrected chi connectivity index (χ4v) is 2.11. The lowest BCUT2D eigenvalue weighted by Crippen LogP contribution is -2.16. The molecule has 0 spiro atoms. The van der Waals surface area contributed by atoms with Crippen LogP contribution >= 0.6 is 0 Å². The number of ether oxygens (including phenoxy) is 2. The number of rotatable bonds is 5. The monoisotopic (exact) mass is 313 g/mol. The quantitative estimate of drug-likeness (QED) is 0.368. The number of esters is 1. The van der Waals surface area contributed by atoms with Gasteiger partial charge in [-0.2, -0.15) is 0 Å². The van der Waals surface area contributed by atoms with Gasteiger partial charge >= 0.3 is 5.97 Å². The van der Waals surface area contributed by atoms with Crippen LogP contribution in [0.25, 0.3) is 0 Å². The standard InChI is InChI=1S/C18H19NO4/c1-13-7-6-9-15(11-13)23-18(19-22-3)16-10-5-4-8-14(16)12-17(20)21-2/h4-11H,12H2,1-3H3/b19-18+. The van der Waals surface area contributed by atoms with Gasteiger partial charge in [-0.1, -0.05) is 30.3 Å². The van der Waals surface area contributed by atoms with E-state index >= 15 is 0 Å². The Bertz CT molecular complexity index is 710. The van der Waals surface area contributed by atoms with E-state index in [0.717, 1.165) is 11.1 Å². The molecule has 2 aromatic rings. The van der Waals surface area contributed by atoms with E-state index in [0.29, 0.717) is 11.3 Å². The van der Waals surface area contributed by atoms with Crippen molar-refractivity contribution >= 4 is 11.9 Å². The zero-order valence-electron chi connectivity index (χ0n) is 13.4. The lowest BCUT2D eigenvalue weighted by atomic mass is 10.0. The Morgan fingerprint density at radius 3 is 2.57 bits per heavy atom. The first-order chi connectivity index (χ1) is 11.1. The molecule has 120 valence electrons. The summed E-state index contributed by atoms with van der Waals surface area (Å²) in [7, 11) is 2.81. The summed E-state index contributed by atoms with van der Waals surface area (Å²) in [6, 6.07) is 15.0. The molecule has 0 aromatic heterocycles. The highest BCUT2D eigenvalue weighted by molar-refractivity contribution is 5.97. The van der Waals surface area contributed by atoms with E-state index in [1.165, 1.54) is 14.2 Å². The number of nitrogens with zero attached hydrogens (tertiary/aromatic N) is 1. The molecule has 5 nitrogen and oxygen atoms in total. The molecule has 0 heterocycles. The zero-order chi connectivity index (χ0) is 16.7. The molecule has 0 unspecified atom stereocenters. The van der Waals surface area contributed by atoms with Crippen LogP contribution in [0.1, 0.15) is 16.7 Å². The molecule has 2 rings (SSSR count). The van der Waals surface area contributed by atoms with Crippen LogP contribution in [0.15, 0.2) is 53.7 Å². The number of benzene rings is 2. The lowest BCUT2D eigenvalue weighted by molar-refractivity contribution is -0.139. The fraction of sp³-hybridized carbons (Fsp3) is 0.222. The molecule has 0 amide bonds. The van der Waals surface area contributed by atoms with E-state index in [-0.39, 0.29) is 18.3 Å². The minimum absolute atomic E-state index is 0.132. The van der Waals surface area contributed by atoms with Crippen molar-refractivity contribution in [1.82, 2.24) is 0 Å². The Labute approximate surface area is 135 Å². The summed E-state index contributed by atoms with van der Waals surface area (Å²) >= 11 is 0. The molecule has 0 saturated carbocycles. The van der Waals surface area contributed by atoms with Gasteiger partial charge in [0, 0.05) is 5.56 Å². The molecule has 0 aliphatic carbocycles. The third-order valence-electron chi connectivity index (χ3n) is 3.19. The second-order valence-electron chi connectivity index (χ2n) is 4.91. The van der Waals surface area contributed by atoms with Gasteiger partial charge in [0.2, 0.25) is 0 Å². The van der Waals surface area contributed by atoms with Crippen molar-refractivity contribution in [2.75, 3.05) is 14.2 Å². The number of aryl methyl sites for hydroxylation is 1. The number of hydrogen-bond acceptors (Lipinski definition) is 5. The summed E-state index contributed by atoms with van der Waals surface area (Å²) < 4.78 is 10.6. The second-order valence-corrected chi connectivity index (χ2v) is 4.91. The van der Waals surface area contributed by atoms with Crippen molar-refractivity contribution in [3.05, 3.63) is 65.2 Å². The van der Waals surface area contributed by atoms with Crippen molar-refractivity contribution < 1.29 is 19.1 Å². The van der Waals surface area contributed by atoms with Crippen molar-refractivity contribution in [1.29, 1.82) is 0 Å². The third kappa shape index (κ3) is 4.57. The van der Waals surface area contributed by atoms with Crippen molar-refractivity contribution in [2.24, 2.45) is 5.16 Å². The molecule has 0 bridgehead atoms. The summed E-state index contributed by atoms with van der Waals surface area (Å²) in [5, 5.41) is 3.96. The molecule has 5 heteroatoms. The minimum atomic E-state index is -0.329. The van der Waals surface area contributed by atoms with Gasteiger partial charge < -0.3 is 14.3 Å². The lowest BCUT2D eigenvalue weighted by Gasteiger charge is -2.12. The largest absolute Gasteiger partial charge is 0.469 e. The summed E-state index contributed by atoms with van der Waals surface area (Å²) in [4.78, 5) is 16.5. The molecule has 0 radical (unpaired) electrons. The molecule has 0 fully saturated rings. The molecule has 23 heavy (non-hydrogen) atoms. The number of carbonyl (C=O) groups excluding carboxylic acids is 1.